The molecule has 0 aliphatic heterocycles. The maximum absolute atomic E-state index is 12.4. The second kappa shape index (κ2) is 9.06. The van der Waals surface area contributed by atoms with Gasteiger partial charge in [0.05, 0.1) is 18.0 Å². The highest BCUT2D eigenvalue weighted by Gasteiger charge is 2.18. The third-order valence-corrected chi connectivity index (χ3v) is 5.03. The third kappa shape index (κ3) is 4.39. The first kappa shape index (κ1) is 21.3. The van der Waals surface area contributed by atoms with E-state index >= 15 is 0 Å². The van der Waals surface area contributed by atoms with E-state index in [0.717, 1.165) is 27.7 Å². The van der Waals surface area contributed by atoms with Crippen LogP contribution in [0.15, 0.2) is 72.8 Å². The molecular formula is C26H25N3O3. The van der Waals surface area contributed by atoms with Crippen LogP contribution in [0.4, 0.5) is 0 Å². The second-order valence-corrected chi connectivity index (χ2v) is 7.78. The minimum atomic E-state index is -0.471. The molecule has 6 nitrogen and oxygen atoms in total. The zero-order chi connectivity index (χ0) is 22.7. The number of esters is 1. The number of nitrogens with zero attached hydrogens (tertiary/aromatic N) is 2. The molecule has 0 saturated heterocycles. The van der Waals surface area contributed by atoms with Crippen LogP contribution in [0, 0.1) is 0 Å². The summed E-state index contributed by atoms with van der Waals surface area (Å²) >= 11 is 0. The standard InChI is InChI=1S/C26H25N3O3/c1-4-32-26(31)23-16-24(21-10-9-18-7-5-6-8-20(18)15-21)29(28-23)22-13-11-19(12-14-22)25(30)27-17(2)3/h5-17H,4H2,1-3H3,(H,27,30). The van der Waals surface area contributed by atoms with E-state index < -0.39 is 5.97 Å². The van der Waals surface area contributed by atoms with E-state index in [9.17, 15) is 9.59 Å². The summed E-state index contributed by atoms with van der Waals surface area (Å²) in [5.41, 5.74) is 3.22. The summed E-state index contributed by atoms with van der Waals surface area (Å²) in [6, 6.07) is 23.2. The number of hydrogen-bond donors (Lipinski definition) is 1. The highest BCUT2D eigenvalue weighted by Crippen LogP contribution is 2.28. The second-order valence-electron chi connectivity index (χ2n) is 7.78. The molecule has 1 heterocycles. The van der Waals surface area contributed by atoms with Crippen molar-refractivity contribution >= 4 is 22.6 Å². The van der Waals surface area contributed by atoms with Gasteiger partial charge in [-0.25, -0.2) is 9.48 Å². The summed E-state index contributed by atoms with van der Waals surface area (Å²) in [4.78, 5) is 24.7. The predicted octanol–water partition coefficient (Wildman–Crippen LogP) is 5.01. The Labute approximate surface area is 186 Å². The van der Waals surface area contributed by atoms with E-state index in [1.807, 2.05) is 56.3 Å². The van der Waals surface area contributed by atoms with Crippen molar-refractivity contribution in [2.45, 2.75) is 26.8 Å². The number of fused-ring (bicyclic) bond motifs is 1. The van der Waals surface area contributed by atoms with Gasteiger partial charge in [-0.05, 0) is 67.9 Å². The molecule has 0 bridgehead atoms. The number of carbonyl (C=O) groups is 2. The Kier molecular flexibility index (Phi) is 6.03. The van der Waals surface area contributed by atoms with Gasteiger partial charge in [-0.15, -0.1) is 0 Å². The van der Waals surface area contributed by atoms with E-state index in [0.29, 0.717) is 5.56 Å². The van der Waals surface area contributed by atoms with E-state index in [4.69, 9.17) is 4.74 Å². The SMILES string of the molecule is CCOC(=O)c1cc(-c2ccc3ccccc3c2)n(-c2ccc(C(=O)NC(C)C)cc2)n1. The molecule has 0 unspecified atom stereocenters. The lowest BCUT2D eigenvalue weighted by Crippen LogP contribution is -2.30. The first-order valence-electron chi connectivity index (χ1n) is 10.6. The van der Waals surface area contributed by atoms with Crippen LogP contribution in [0.2, 0.25) is 0 Å². The molecule has 1 N–H and O–H groups in total. The molecule has 0 spiro atoms. The molecule has 1 aromatic heterocycles. The molecule has 4 aromatic rings. The summed E-state index contributed by atoms with van der Waals surface area (Å²) in [6.45, 7) is 5.88. The van der Waals surface area contributed by atoms with Crippen molar-refractivity contribution in [3.63, 3.8) is 0 Å². The molecule has 162 valence electrons. The van der Waals surface area contributed by atoms with Crippen molar-refractivity contribution in [3.8, 4) is 16.9 Å². The Morgan fingerprint density at radius 2 is 1.69 bits per heavy atom. The zero-order valence-electron chi connectivity index (χ0n) is 18.3. The largest absolute Gasteiger partial charge is 0.461 e. The number of rotatable bonds is 6. The molecule has 3 aromatic carbocycles. The molecule has 0 fully saturated rings. The van der Waals surface area contributed by atoms with Crippen LogP contribution in [0.3, 0.4) is 0 Å². The first-order chi connectivity index (χ1) is 15.5. The van der Waals surface area contributed by atoms with Gasteiger partial charge in [-0.1, -0.05) is 36.4 Å². The molecule has 0 saturated carbocycles. The lowest BCUT2D eigenvalue weighted by atomic mass is 10.0. The Balaban J connectivity index is 1.78. The Bertz CT molecular complexity index is 1270. The number of ether oxygens (including phenoxy) is 1. The highest BCUT2D eigenvalue weighted by molar-refractivity contribution is 5.94. The maximum atomic E-state index is 12.4. The molecule has 0 atom stereocenters. The van der Waals surface area contributed by atoms with Gasteiger partial charge in [-0.3, -0.25) is 4.79 Å². The van der Waals surface area contributed by atoms with E-state index in [1.54, 1.807) is 29.8 Å². The van der Waals surface area contributed by atoms with Crippen LogP contribution in [0.1, 0.15) is 41.6 Å². The van der Waals surface area contributed by atoms with Crippen LogP contribution >= 0.6 is 0 Å². The van der Waals surface area contributed by atoms with Crippen molar-refractivity contribution in [1.82, 2.24) is 15.1 Å². The fraction of sp³-hybridized carbons (Fsp3) is 0.192. The summed E-state index contributed by atoms with van der Waals surface area (Å²) < 4.78 is 6.87. The first-order valence-corrected chi connectivity index (χ1v) is 10.6. The van der Waals surface area contributed by atoms with E-state index in [-0.39, 0.29) is 24.2 Å². The number of carbonyl (C=O) groups excluding carboxylic acids is 2. The predicted molar refractivity (Wildman–Crippen MR) is 125 cm³/mol. The van der Waals surface area contributed by atoms with E-state index in [1.165, 1.54) is 0 Å². The van der Waals surface area contributed by atoms with Gasteiger partial charge >= 0.3 is 5.97 Å². The number of hydrogen-bond acceptors (Lipinski definition) is 4. The van der Waals surface area contributed by atoms with Crippen LogP contribution in [0.25, 0.3) is 27.7 Å². The summed E-state index contributed by atoms with van der Waals surface area (Å²) in [5.74, 6) is -0.602. The monoisotopic (exact) mass is 427 g/mol. The fourth-order valence-electron chi connectivity index (χ4n) is 3.54. The van der Waals surface area contributed by atoms with Crippen LogP contribution < -0.4 is 5.32 Å². The van der Waals surface area contributed by atoms with Gasteiger partial charge in [0.15, 0.2) is 5.69 Å². The van der Waals surface area contributed by atoms with Crippen molar-refractivity contribution in [2.24, 2.45) is 0 Å². The van der Waals surface area contributed by atoms with Crippen molar-refractivity contribution in [1.29, 1.82) is 0 Å². The number of aromatic nitrogens is 2. The third-order valence-electron chi connectivity index (χ3n) is 5.03. The molecule has 0 aliphatic rings. The Morgan fingerprint density at radius 3 is 2.38 bits per heavy atom. The Morgan fingerprint density at radius 1 is 0.969 bits per heavy atom. The minimum Gasteiger partial charge on any atom is -0.461 e. The smallest absolute Gasteiger partial charge is 0.358 e. The Hall–Kier alpha value is -3.93. The van der Waals surface area contributed by atoms with Gasteiger partial charge in [-0.2, -0.15) is 5.10 Å². The molecule has 1 amide bonds. The normalized spacial score (nSPS) is 11.0. The molecular weight excluding hydrogens is 402 g/mol. The van der Waals surface area contributed by atoms with E-state index in [2.05, 4.69) is 22.5 Å². The summed E-state index contributed by atoms with van der Waals surface area (Å²) in [6.07, 6.45) is 0. The molecule has 0 radical (unpaired) electrons. The molecule has 6 heteroatoms. The lowest BCUT2D eigenvalue weighted by Gasteiger charge is -2.11. The van der Waals surface area contributed by atoms with Crippen molar-refractivity contribution in [2.75, 3.05) is 6.61 Å². The van der Waals surface area contributed by atoms with Gasteiger partial charge in [0.1, 0.15) is 0 Å². The molecule has 0 aliphatic carbocycles. The van der Waals surface area contributed by atoms with Crippen LogP contribution in [0.5, 0.6) is 0 Å². The maximum Gasteiger partial charge on any atom is 0.358 e. The zero-order valence-corrected chi connectivity index (χ0v) is 18.3. The quantitative estimate of drug-likeness (QED) is 0.439. The fourth-order valence-corrected chi connectivity index (χ4v) is 3.54. The van der Waals surface area contributed by atoms with Gasteiger partial charge in [0.25, 0.3) is 5.91 Å². The summed E-state index contributed by atoms with van der Waals surface area (Å²) in [5, 5.41) is 9.63. The number of benzene rings is 3. The highest BCUT2D eigenvalue weighted by atomic mass is 16.5. The average molecular weight is 428 g/mol. The van der Waals surface area contributed by atoms with Crippen molar-refractivity contribution < 1.29 is 14.3 Å². The lowest BCUT2D eigenvalue weighted by molar-refractivity contribution is 0.0518. The van der Waals surface area contributed by atoms with Gasteiger partial charge in [0.2, 0.25) is 0 Å². The number of amides is 1. The molecule has 4 rings (SSSR count). The number of nitrogens with one attached hydrogen (secondary N) is 1. The summed E-state index contributed by atoms with van der Waals surface area (Å²) in [7, 11) is 0. The molecule has 32 heavy (non-hydrogen) atoms. The van der Waals surface area contributed by atoms with Crippen molar-refractivity contribution in [3.05, 3.63) is 84.1 Å². The topological polar surface area (TPSA) is 73.2 Å². The average Bonchev–Trinajstić information content (AvgIpc) is 3.24. The van der Waals surface area contributed by atoms with Gasteiger partial charge < -0.3 is 10.1 Å². The van der Waals surface area contributed by atoms with Crippen LogP contribution in [-0.4, -0.2) is 34.3 Å². The minimum absolute atomic E-state index is 0.0555. The van der Waals surface area contributed by atoms with Crippen LogP contribution in [-0.2, 0) is 4.74 Å². The van der Waals surface area contributed by atoms with Gasteiger partial charge in [0, 0.05) is 17.2 Å².